The summed E-state index contributed by atoms with van der Waals surface area (Å²) >= 11 is 1.64. The fraction of sp³-hybridized carbons (Fsp3) is 0.800. The van der Waals surface area contributed by atoms with Crippen molar-refractivity contribution in [2.75, 3.05) is 12.0 Å². The van der Waals surface area contributed by atoms with Gasteiger partial charge in [0.2, 0.25) is 0 Å². The molecule has 2 unspecified atom stereocenters. The molecule has 0 spiro atoms. The Morgan fingerprint density at radius 2 is 2.55 bits per heavy atom. The van der Waals surface area contributed by atoms with Crippen LogP contribution in [0.2, 0.25) is 0 Å². The summed E-state index contributed by atoms with van der Waals surface area (Å²) in [6.07, 6.45) is 2.58. The number of aliphatic carboxylic acids is 1. The summed E-state index contributed by atoms with van der Waals surface area (Å²) in [7, 11) is 3.09. The van der Waals surface area contributed by atoms with Crippen LogP contribution in [0.3, 0.4) is 0 Å². The highest BCUT2D eigenvalue weighted by atomic mass is 32.2. The van der Waals surface area contributed by atoms with Crippen LogP contribution in [0.1, 0.15) is 6.42 Å². The van der Waals surface area contributed by atoms with Crippen LogP contribution in [0.5, 0.6) is 0 Å². The monoisotopic (exact) mass is 211 g/mol. The fourth-order valence-corrected chi connectivity index (χ4v) is 1.86. The second-order valence-corrected chi connectivity index (χ2v) is 4.01. The summed E-state index contributed by atoms with van der Waals surface area (Å²) in [6.45, 7) is 0. The number of nitrogens with zero attached hydrogens (tertiary/aromatic N) is 1. The smallest absolute Gasteiger partial charge is 0.328 e. The number of hydrogen-bond donors (Lipinski definition) is 1. The zero-order valence-electron chi connectivity index (χ0n) is 6.23. The molecule has 0 saturated heterocycles. The number of hydrogen-bond acceptors (Lipinski definition) is 3. The van der Waals surface area contributed by atoms with Gasteiger partial charge >= 0.3 is 5.97 Å². The number of carboxylic acids is 1. The lowest BCUT2D eigenvalue weighted by molar-refractivity contribution is -0.138. The third kappa shape index (κ3) is 5.60. The third-order valence-electron chi connectivity index (χ3n) is 1.09. The molecule has 0 aromatic carbocycles. The molecule has 0 aliphatic rings. The molecule has 6 heteroatoms. The minimum atomic E-state index is -0.825. The molecule has 0 radical (unpaired) electrons. The Labute approximate surface area is 74.3 Å². The molecule has 0 rings (SSSR count). The highest BCUT2D eigenvalue weighted by Crippen LogP contribution is 2.15. The molecule has 3 nitrogen and oxygen atoms in total. The predicted octanol–water partition coefficient (Wildman–Crippen LogP) is 2.11. The largest absolute Gasteiger partial charge is 0.480 e. The van der Waals surface area contributed by atoms with E-state index in [1.54, 1.807) is 11.8 Å². The van der Waals surface area contributed by atoms with E-state index in [9.17, 15) is 4.79 Å². The molecule has 1 N–H and O–H groups in total. The van der Waals surface area contributed by atoms with Gasteiger partial charge in [-0.2, -0.15) is 11.8 Å². The highest BCUT2D eigenvalue weighted by molar-refractivity contribution is 7.98. The van der Waals surface area contributed by atoms with Crippen LogP contribution in [0, 0.1) is 0 Å². The van der Waals surface area contributed by atoms with Crippen molar-refractivity contribution in [1.29, 1.82) is 0 Å². The maximum absolute atomic E-state index is 10.5. The first-order chi connectivity index (χ1) is 5.22. The lowest BCUT2D eigenvalue weighted by Crippen LogP contribution is -2.17. The molecule has 64 valence electrons. The van der Waals surface area contributed by atoms with Gasteiger partial charge in [-0.25, -0.2) is 9.54 Å². The van der Waals surface area contributed by atoms with Crippen LogP contribution < -0.4 is 0 Å². The average Bonchev–Trinajstić information content (AvgIpc) is 1.97. The van der Waals surface area contributed by atoms with Crippen LogP contribution in [0.4, 0.5) is 0 Å². The molecule has 0 aromatic rings. The third-order valence-corrected chi connectivity index (χ3v) is 2.54. The minimum absolute atomic E-state index is 0.526. The van der Waals surface area contributed by atoms with Gasteiger partial charge in [-0.05, 0) is 18.4 Å². The predicted molar refractivity (Wildman–Crippen MR) is 53.5 cm³/mol. The Hall–Kier alpha value is 0.350. The van der Waals surface area contributed by atoms with Crippen LogP contribution in [0.25, 0.3) is 0 Å². The first-order valence-electron chi connectivity index (χ1n) is 3.04. The lowest BCUT2D eigenvalue weighted by atomic mass is 10.2. The molecule has 0 saturated carbocycles. The SMILES string of the molecule is CSCCC(N=PP)C(=O)O. The highest BCUT2D eigenvalue weighted by Gasteiger charge is 2.13. The van der Waals surface area contributed by atoms with E-state index >= 15 is 0 Å². The van der Waals surface area contributed by atoms with Gasteiger partial charge in [0, 0.05) is 8.06 Å². The van der Waals surface area contributed by atoms with Gasteiger partial charge in [-0.15, -0.1) is 0 Å². The van der Waals surface area contributed by atoms with Gasteiger partial charge in [0.25, 0.3) is 0 Å². The van der Waals surface area contributed by atoms with Gasteiger partial charge in [0.1, 0.15) is 0 Å². The molecule has 0 heterocycles. The fourth-order valence-electron chi connectivity index (χ4n) is 0.541. The molecule has 0 amide bonds. The van der Waals surface area contributed by atoms with Crippen molar-refractivity contribution in [1.82, 2.24) is 0 Å². The Kier molecular flexibility index (Phi) is 7.25. The Morgan fingerprint density at radius 3 is 2.91 bits per heavy atom. The van der Waals surface area contributed by atoms with Crippen molar-refractivity contribution in [3.8, 4) is 0 Å². The molecule has 0 aliphatic carbocycles. The molecular formula is C5H11NO2P2S. The number of carboxylic acid groups (broad SMARTS) is 1. The van der Waals surface area contributed by atoms with Gasteiger partial charge in [-0.1, -0.05) is 8.93 Å². The normalized spacial score (nSPS) is 13.6. The first-order valence-corrected chi connectivity index (χ1v) is 6.90. The maximum atomic E-state index is 10.5. The quantitative estimate of drug-likeness (QED) is 0.708. The zero-order valence-corrected chi connectivity index (χ0v) is 9.09. The summed E-state index contributed by atoms with van der Waals surface area (Å²) < 4.78 is 3.88. The van der Waals surface area contributed by atoms with Crippen molar-refractivity contribution in [2.45, 2.75) is 12.5 Å². The maximum Gasteiger partial charge on any atom is 0.328 e. The van der Waals surface area contributed by atoms with E-state index in [2.05, 4.69) is 13.7 Å². The van der Waals surface area contributed by atoms with Crippen LogP contribution >= 0.6 is 28.8 Å². The Bertz CT molecular complexity index is 153. The van der Waals surface area contributed by atoms with E-state index in [0.29, 0.717) is 14.5 Å². The molecule has 0 aliphatic heterocycles. The summed E-state index contributed by atoms with van der Waals surface area (Å²) in [5.41, 5.74) is 0. The summed E-state index contributed by atoms with van der Waals surface area (Å²) in [5, 5.41) is 8.61. The molecule has 11 heavy (non-hydrogen) atoms. The summed E-state index contributed by atoms with van der Waals surface area (Å²) in [4.78, 5) is 10.5. The van der Waals surface area contributed by atoms with E-state index in [4.69, 9.17) is 5.11 Å². The summed E-state index contributed by atoms with van der Waals surface area (Å²) in [6, 6.07) is -0.526. The van der Waals surface area contributed by atoms with Crippen LogP contribution in [-0.4, -0.2) is 29.1 Å². The van der Waals surface area contributed by atoms with Crippen molar-refractivity contribution in [3.05, 3.63) is 0 Å². The van der Waals surface area contributed by atoms with Gasteiger partial charge < -0.3 is 5.11 Å². The van der Waals surface area contributed by atoms with Gasteiger partial charge in [0.15, 0.2) is 6.04 Å². The van der Waals surface area contributed by atoms with Crippen molar-refractivity contribution < 1.29 is 9.90 Å². The van der Waals surface area contributed by atoms with E-state index in [-0.39, 0.29) is 0 Å². The van der Waals surface area contributed by atoms with Crippen molar-refractivity contribution in [2.24, 2.45) is 4.74 Å². The van der Waals surface area contributed by atoms with E-state index in [1.165, 1.54) is 0 Å². The second kappa shape index (κ2) is 7.02. The van der Waals surface area contributed by atoms with Crippen LogP contribution in [-0.2, 0) is 4.79 Å². The Balaban J connectivity index is 3.79. The molecule has 0 aromatic heterocycles. The Morgan fingerprint density at radius 1 is 1.91 bits per heavy atom. The van der Waals surface area contributed by atoms with E-state index in [0.717, 1.165) is 5.75 Å². The summed E-state index contributed by atoms with van der Waals surface area (Å²) in [5.74, 6) is 0.0229. The van der Waals surface area contributed by atoms with Gasteiger partial charge in [0.05, 0.1) is 0 Å². The standard InChI is InChI=1S/C5H11NO2P2S/c1-11-3-2-4(5(7)8)6-10-9/h4H,2-3,9H2,1H3,(H,7,8). The van der Waals surface area contributed by atoms with Crippen molar-refractivity contribution >= 4 is 34.7 Å². The topological polar surface area (TPSA) is 49.7 Å². The zero-order chi connectivity index (χ0) is 8.69. The average molecular weight is 211 g/mol. The lowest BCUT2D eigenvalue weighted by Gasteiger charge is -2.03. The van der Waals surface area contributed by atoms with Crippen molar-refractivity contribution in [3.63, 3.8) is 0 Å². The molecule has 0 fully saturated rings. The molecule has 2 atom stereocenters. The number of rotatable bonds is 5. The number of thioether (sulfide) groups is 1. The van der Waals surface area contributed by atoms with Crippen LogP contribution in [0.15, 0.2) is 4.74 Å². The molecular weight excluding hydrogens is 200 g/mol. The van der Waals surface area contributed by atoms with E-state index < -0.39 is 12.0 Å². The van der Waals surface area contributed by atoms with E-state index in [1.807, 2.05) is 6.26 Å². The second-order valence-electron chi connectivity index (χ2n) is 1.87. The minimum Gasteiger partial charge on any atom is -0.480 e. The first kappa shape index (κ1) is 11.4. The molecule has 0 bridgehead atoms. The number of carbonyl (C=O) groups is 1. The van der Waals surface area contributed by atoms with Gasteiger partial charge in [-0.3, -0.25) is 0 Å².